The average Bonchev–Trinajstić information content (AvgIpc) is 3.36. The van der Waals surface area contributed by atoms with Gasteiger partial charge in [0.1, 0.15) is 19.0 Å². The molecule has 2 amide bonds. The normalized spacial score (nSPS) is 20.3. The highest BCUT2D eigenvalue weighted by molar-refractivity contribution is 7.15. The molecule has 2 aromatic rings. The molecule has 8 nitrogen and oxygen atoms in total. The van der Waals surface area contributed by atoms with Crippen LogP contribution in [0.4, 0.5) is 10.6 Å². The van der Waals surface area contributed by atoms with Crippen molar-refractivity contribution >= 4 is 29.2 Å². The Kier molecular flexibility index (Phi) is 4.86. The fourth-order valence-electron chi connectivity index (χ4n) is 4.50. The van der Waals surface area contributed by atoms with Gasteiger partial charge in [-0.2, -0.15) is 0 Å². The molecule has 3 aliphatic heterocycles. The van der Waals surface area contributed by atoms with E-state index in [2.05, 4.69) is 11.1 Å². The summed E-state index contributed by atoms with van der Waals surface area (Å²) in [5.74, 6) is 0.480. The third-order valence-electron chi connectivity index (χ3n) is 6.13. The molecule has 5 heterocycles. The van der Waals surface area contributed by atoms with Crippen LogP contribution in [0.2, 0.25) is 0 Å². The second kappa shape index (κ2) is 7.55. The monoisotopic (exact) mass is 428 g/mol. The van der Waals surface area contributed by atoms with Crippen LogP contribution in [0.5, 0.6) is 0 Å². The number of fused-ring (bicyclic) bond motifs is 2. The summed E-state index contributed by atoms with van der Waals surface area (Å²) in [7, 11) is 0. The molecule has 0 bridgehead atoms. The number of nitrogens with zero attached hydrogens (tertiary/aromatic N) is 3. The molecule has 2 aromatic heterocycles. The summed E-state index contributed by atoms with van der Waals surface area (Å²) in [5, 5.41) is 0. The molecule has 2 N–H and O–H groups in total. The number of carbonyl (C=O) groups is 2. The summed E-state index contributed by atoms with van der Waals surface area (Å²) >= 11 is 1.76. The number of anilines is 1. The highest BCUT2D eigenvalue weighted by atomic mass is 32.1. The molecule has 158 valence electrons. The number of nitrogens with two attached hydrogens (primary N) is 1. The number of aromatic nitrogens is 1. The summed E-state index contributed by atoms with van der Waals surface area (Å²) in [6.07, 6.45) is 1.98. The first kappa shape index (κ1) is 19.3. The summed E-state index contributed by atoms with van der Waals surface area (Å²) in [5.41, 5.74) is 7.62. The zero-order chi connectivity index (χ0) is 20.7. The molecule has 0 aliphatic carbocycles. The van der Waals surface area contributed by atoms with Gasteiger partial charge in [0.2, 0.25) is 5.91 Å². The molecule has 0 radical (unpaired) electrons. The van der Waals surface area contributed by atoms with E-state index >= 15 is 0 Å². The summed E-state index contributed by atoms with van der Waals surface area (Å²) in [6.45, 7) is 2.83. The summed E-state index contributed by atoms with van der Waals surface area (Å²) in [4.78, 5) is 34.5. The third-order valence-corrected chi connectivity index (χ3v) is 7.34. The number of likely N-dealkylation sites (tertiary alicyclic amines) is 1. The van der Waals surface area contributed by atoms with Crippen LogP contribution in [-0.2, 0) is 26.3 Å². The number of hydrogen-bond donors (Lipinski definition) is 1. The van der Waals surface area contributed by atoms with E-state index in [1.165, 1.54) is 15.3 Å². The minimum absolute atomic E-state index is 0.0327. The molecule has 9 heteroatoms. The Labute approximate surface area is 178 Å². The lowest BCUT2D eigenvalue weighted by atomic mass is 9.82. The fraction of sp³-hybridized carbons (Fsp3) is 0.476. The van der Waals surface area contributed by atoms with Crippen molar-refractivity contribution in [3.8, 4) is 10.6 Å². The van der Waals surface area contributed by atoms with Crippen LogP contribution < -0.4 is 5.73 Å². The minimum atomic E-state index is -0.405. The Bertz CT molecular complexity index is 983. The van der Waals surface area contributed by atoms with E-state index in [0.717, 1.165) is 29.8 Å². The number of nitrogen functional groups attached to an aromatic ring is 1. The van der Waals surface area contributed by atoms with Gasteiger partial charge in [-0.1, -0.05) is 6.07 Å². The van der Waals surface area contributed by atoms with E-state index < -0.39 is 6.09 Å². The molecule has 0 saturated carbocycles. The first-order valence-electron chi connectivity index (χ1n) is 10.2. The predicted octanol–water partition coefficient (Wildman–Crippen LogP) is 2.23. The van der Waals surface area contributed by atoms with Gasteiger partial charge >= 0.3 is 6.09 Å². The number of cyclic esters (lactones) is 1. The van der Waals surface area contributed by atoms with E-state index in [0.29, 0.717) is 38.7 Å². The maximum Gasteiger partial charge on any atom is 0.410 e. The van der Waals surface area contributed by atoms with Crippen molar-refractivity contribution in [2.45, 2.75) is 24.9 Å². The highest BCUT2D eigenvalue weighted by Gasteiger charge is 2.43. The third kappa shape index (κ3) is 3.41. The Balaban J connectivity index is 1.31. The highest BCUT2D eigenvalue weighted by Crippen LogP contribution is 2.46. The number of carbonyl (C=O) groups excluding carboxylic acids is 2. The topological polar surface area (TPSA) is 98.0 Å². The van der Waals surface area contributed by atoms with Crippen molar-refractivity contribution in [2.24, 2.45) is 0 Å². The van der Waals surface area contributed by atoms with Crippen molar-refractivity contribution in [1.29, 1.82) is 0 Å². The maximum absolute atomic E-state index is 12.7. The van der Waals surface area contributed by atoms with Gasteiger partial charge in [0.25, 0.3) is 0 Å². The van der Waals surface area contributed by atoms with Gasteiger partial charge in [-0.15, -0.1) is 11.3 Å². The van der Waals surface area contributed by atoms with E-state index in [9.17, 15) is 9.59 Å². The maximum atomic E-state index is 12.7. The zero-order valence-electron chi connectivity index (χ0n) is 16.6. The van der Waals surface area contributed by atoms with Crippen molar-refractivity contribution in [3.63, 3.8) is 0 Å². The van der Waals surface area contributed by atoms with Gasteiger partial charge in [0.05, 0.1) is 29.3 Å². The van der Waals surface area contributed by atoms with Gasteiger partial charge < -0.3 is 20.1 Å². The van der Waals surface area contributed by atoms with Crippen LogP contribution in [0.25, 0.3) is 10.6 Å². The minimum Gasteiger partial charge on any atom is -0.448 e. The van der Waals surface area contributed by atoms with Crippen LogP contribution in [0, 0.1) is 0 Å². The molecule has 2 fully saturated rings. The van der Waals surface area contributed by atoms with Crippen molar-refractivity contribution in [2.75, 3.05) is 45.1 Å². The lowest BCUT2D eigenvalue weighted by Crippen LogP contribution is -2.50. The van der Waals surface area contributed by atoms with Crippen LogP contribution in [0.3, 0.4) is 0 Å². The SMILES string of the molecule is Nc1cccc(-c2cc3c(s2)CCOC32CCN(C(=O)CN3CCOC3=O)CC2)n1. The average molecular weight is 429 g/mol. The second-order valence-electron chi connectivity index (χ2n) is 7.90. The van der Waals surface area contributed by atoms with Gasteiger partial charge in [-0.25, -0.2) is 9.78 Å². The van der Waals surface area contributed by atoms with Crippen molar-refractivity contribution in [1.82, 2.24) is 14.8 Å². The molecule has 30 heavy (non-hydrogen) atoms. The van der Waals surface area contributed by atoms with Gasteiger partial charge in [-0.3, -0.25) is 9.69 Å². The van der Waals surface area contributed by atoms with E-state index in [-0.39, 0.29) is 18.1 Å². The number of hydrogen-bond acceptors (Lipinski definition) is 7. The molecule has 0 aromatic carbocycles. The summed E-state index contributed by atoms with van der Waals surface area (Å²) < 4.78 is 11.2. The van der Waals surface area contributed by atoms with Crippen LogP contribution >= 0.6 is 11.3 Å². The number of pyridine rings is 1. The largest absolute Gasteiger partial charge is 0.448 e. The van der Waals surface area contributed by atoms with Gasteiger partial charge in [0.15, 0.2) is 0 Å². The van der Waals surface area contributed by atoms with Crippen molar-refractivity contribution < 1.29 is 19.1 Å². The Morgan fingerprint density at radius 3 is 2.80 bits per heavy atom. The lowest BCUT2D eigenvalue weighted by Gasteiger charge is -2.44. The van der Waals surface area contributed by atoms with Gasteiger partial charge in [0, 0.05) is 24.4 Å². The smallest absolute Gasteiger partial charge is 0.410 e. The second-order valence-corrected chi connectivity index (χ2v) is 9.04. The van der Waals surface area contributed by atoms with E-state index in [1.807, 2.05) is 17.0 Å². The van der Waals surface area contributed by atoms with Crippen LogP contribution in [-0.4, -0.2) is 66.2 Å². The quantitative estimate of drug-likeness (QED) is 0.805. The van der Waals surface area contributed by atoms with E-state index in [4.69, 9.17) is 15.2 Å². The van der Waals surface area contributed by atoms with Gasteiger partial charge in [-0.05, 0) is 36.6 Å². The van der Waals surface area contributed by atoms with E-state index in [1.54, 1.807) is 17.4 Å². The number of rotatable bonds is 3. The summed E-state index contributed by atoms with van der Waals surface area (Å²) in [6, 6.07) is 7.88. The van der Waals surface area contributed by atoms with Crippen LogP contribution in [0.1, 0.15) is 23.3 Å². The molecule has 3 aliphatic rings. The molecule has 0 atom stereocenters. The molecule has 2 saturated heterocycles. The number of amides is 2. The standard InChI is InChI=1S/C21H24N4O4S/c22-18-3-1-2-15(23-18)17-12-14-16(30-17)4-10-29-21(14)5-7-24(8-6-21)19(26)13-25-9-11-28-20(25)27/h1-3,12H,4-11,13H2,(H2,22,23). The molecule has 1 spiro atoms. The zero-order valence-corrected chi connectivity index (χ0v) is 17.5. The van der Waals surface area contributed by atoms with Crippen LogP contribution in [0.15, 0.2) is 24.3 Å². The first-order chi connectivity index (χ1) is 14.5. The Morgan fingerprint density at radius 2 is 2.07 bits per heavy atom. The molecule has 0 unspecified atom stereocenters. The molecular formula is C21H24N4O4S. The predicted molar refractivity (Wildman–Crippen MR) is 112 cm³/mol. The molecule has 5 rings (SSSR count). The number of ether oxygens (including phenoxy) is 2. The first-order valence-corrected chi connectivity index (χ1v) is 11.1. The Morgan fingerprint density at radius 1 is 1.23 bits per heavy atom. The molecular weight excluding hydrogens is 404 g/mol. The lowest BCUT2D eigenvalue weighted by molar-refractivity contribution is -0.141. The van der Waals surface area contributed by atoms with Crippen molar-refractivity contribution in [3.05, 3.63) is 34.7 Å². The number of piperidine rings is 1. The Hall–Kier alpha value is -2.65. The fourth-order valence-corrected chi connectivity index (χ4v) is 5.70. The number of thiophene rings is 1.